The number of nitrogens with one attached hydrogen (secondary N) is 3. The molecule has 0 spiro atoms. The van der Waals surface area contributed by atoms with Gasteiger partial charge in [0.05, 0.1) is 5.69 Å². The highest BCUT2D eigenvalue weighted by Gasteiger charge is 2.20. The SMILES string of the molecule is CC(C)c1ccccc1NS(=O)(=O)c1c[nH]c(=O)[nH]c1=O. The van der Waals surface area contributed by atoms with E-state index in [-0.39, 0.29) is 5.92 Å². The zero-order valence-electron chi connectivity index (χ0n) is 11.5. The molecule has 0 radical (unpaired) electrons. The first-order valence-corrected chi connectivity index (χ1v) is 7.73. The molecule has 0 unspecified atom stereocenters. The molecule has 112 valence electrons. The van der Waals surface area contributed by atoms with E-state index in [1.54, 1.807) is 24.3 Å². The highest BCUT2D eigenvalue weighted by molar-refractivity contribution is 7.92. The third-order valence-electron chi connectivity index (χ3n) is 2.90. The van der Waals surface area contributed by atoms with Crippen LogP contribution in [0.3, 0.4) is 0 Å². The van der Waals surface area contributed by atoms with Crippen molar-refractivity contribution in [3.63, 3.8) is 0 Å². The molecule has 3 N–H and O–H groups in total. The summed E-state index contributed by atoms with van der Waals surface area (Å²) in [7, 11) is -4.08. The van der Waals surface area contributed by atoms with Crippen LogP contribution in [0.15, 0.2) is 44.9 Å². The number of H-pyrrole nitrogens is 2. The van der Waals surface area contributed by atoms with E-state index in [9.17, 15) is 18.0 Å². The second-order valence-electron chi connectivity index (χ2n) is 4.78. The van der Waals surface area contributed by atoms with Crippen molar-refractivity contribution in [1.82, 2.24) is 9.97 Å². The molecule has 0 fully saturated rings. The molecule has 0 saturated carbocycles. The van der Waals surface area contributed by atoms with E-state index in [0.29, 0.717) is 5.69 Å². The molecule has 0 aliphatic rings. The van der Waals surface area contributed by atoms with E-state index in [0.717, 1.165) is 11.8 Å². The van der Waals surface area contributed by atoms with Gasteiger partial charge in [-0.3, -0.25) is 14.5 Å². The second kappa shape index (κ2) is 5.57. The van der Waals surface area contributed by atoms with Gasteiger partial charge in [0.2, 0.25) is 0 Å². The maximum atomic E-state index is 12.3. The third kappa shape index (κ3) is 3.22. The van der Waals surface area contributed by atoms with Crippen LogP contribution in [0.1, 0.15) is 25.3 Å². The van der Waals surface area contributed by atoms with Gasteiger partial charge in [0.15, 0.2) is 4.90 Å². The Hall–Kier alpha value is -2.35. The van der Waals surface area contributed by atoms with E-state index in [4.69, 9.17) is 0 Å². The molecule has 21 heavy (non-hydrogen) atoms. The van der Waals surface area contributed by atoms with Gasteiger partial charge in [-0.1, -0.05) is 32.0 Å². The largest absolute Gasteiger partial charge is 0.325 e. The van der Waals surface area contributed by atoms with Gasteiger partial charge < -0.3 is 4.98 Å². The summed E-state index contributed by atoms with van der Waals surface area (Å²) in [5, 5.41) is 0. The summed E-state index contributed by atoms with van der Waals surface area (Å²) in [4.78, 5) is 26.0. The smallest absolute Gasteiger partial charge is 0.313 e. The first-order valence-electron chi connectivity index (χ1n) is 6.25. The highest BCUT2D eigenvalue weighted by atomic mass is 32.2. The van der Waals surface area contributed by atoms with Crippen molar-refractivity contribution in [2.45, 2.75) is 24.7 Å². The van der Waals surface area contributed by atoms with Crippen molar-refractivity contribution < 1.29 is 8.42 Å². The van der Waals surface area contributed by atoms with Crippen LogP contribution in [0.2, 0.25) is 0 Å². The van der Waals surface area contributed by atoms with Crippen molar-refractivity contribution in [3.8, 4) is 0 Å². The third-order valence-corrected chi connectivity index (χ3v) is 4.27. The van der Waals surface area contributed by atoms with Crippen LogP contribution in [0.25, 0.3) is 0 Å². The number of hydrogen-bond acceptors (Lipinski definition) is 4. The minimum absolute atomic E-state index is 0.109. The molecular formula is C13H15N3O4S. The number of hydrogen-bond donors (Lipinski definition) is 3. The normalized spacial score (nSPS) is 11.6. The van der Waals surface area contributed by atoms with Crippen molar-refractivity contribution in [3.05, 3.63) is 56.9 Å². The molecule has 0 amide bonds. The Morgan fingerprint density at radius 3 is 2.43 bits per heavy atom. The van der Waals surface area contributed by atoms with Gasteiger partial charge in [0, 0.05) is 6.20 Å². The van der Waals surface area contributed by atoms with Gasteiger partial charge in [0.1, 0.15) is 0 Å². The fraction of sp³-hybridized carbons (Fsp3) is 0.231. The van der Waals surface area contributed by atoms with Crippen molar-refractivity contribution in [2.75, 3.05) is 4.72 Å². The Kier molecular flexibility index (Phi) is 3.99. The molecule has 1 aromatic heterocycles. The molecule has 0 atom stereocenters. The molecule has 2 rings (SSSR count). The van der Waals surface area contributed by atoms with Crippen LogP contribution in [0, 0.1) is 0 Å². The lowest BCUT2D eigenvalue weighted by atomic mass is 10.0. The predicted molar refractivity (Wildman–Crippen MR) is 79.0 cm³/mol. The molecule has 0 aliphatic heterocycles. The van der Waals surface area contributed by atoms with E-state index in [2.05, 4.69) is 9.71 Å². The number of aromatic nitrogens is 2. The summed E-state index contributed by atoms with van der Waals surface area (Å²) in [5.74, 6) is 0.109. The Labute approximate surface area is 121 Å². The van der Waals surface area contributed by atoms with Gasteiger partial charge in [0.25, 0.3) is 15.6 Å². The quantitative estimate of drug-likeness (QED) is 0.781. The lowest BCUT2D eigenvalue weighted by Crippen LogP contribution is -2.29. The molecule has 0 saturated heterocycles. The Morgan fingerprint density at radius 1 is 1.14 bits per heavy atom. The summed E-state index contributed by atoms with van der Waals surface area (Å²) >= 11 is 0. The molecule has 1 heterocycles. The van der Waals surface area contributed by atoms with E-state index < -0.39 is 26.2 Å². The van der Waals surface area contributed by atoms with E-state index in [1.807, 2.05) is 18.8 Å². The lowest BCUT2D eigenvalue weighted by molar-refractivity contribution is 0.599. The molecule has 0 bridgehead atoms. The average molecular weight is 309 g/mol. The van der Waals surface area contributed by atoms with Crippen molar-refractivity contribution >= 4 is 15.7 Å². The first kappa shape index (κ1) is 15.0. The molecule has 2 aromatic rings. The summed E-state index contributed by atoms with van der Waals surface area (Å²) in [5.41, 5.74) is -0.519. The molecule has 8 heteroatoms. The molecule has 0 aliphatic carbocycles. The first-order chi connectivity index (χ1) is 9.81. The van der Waals surface area contributed by atoms with Crippen molar-refractivity contribution in [2.24, 2.45) is 0 Å². The monoisotopic (exact) mass is 309 g/mol. The number of sulfonamides is 1. The number of anilines is 1. The van der Waals surface area contributed by atoms with Gasteiger partial charge >= 0.3 is 5.69 Å². The standard InChI is InChI=1S/C13H15N3O4S/c1-8(2)9-5-3-4-6-10(9)16-21(19,20)11-7-14-13(18)15-12(11)17/h3-8,16H,1-2H3,(H2,14,15,17,18). The Bertz CT molecular complexity index is 865. The summed E-state index contributed by atoms with van der Waals surface area (Å²) in [6, 6.07) is 6.92. The highest BCUT2D eigenvalue weighted by Crippen LogP contribution is 2.25. The van der Waals surface area contributed by atoms with Crippen molar-refractivity contribution in [1.29, 1.82) is 0 Å². The Morgan fingerprint density at radius 2 is 1.81 bits per heavy atom. The van der Waals surface area contributed by atoms with Crippen LogP contribution in [0.5, 0.6) is 0 Å². The predicted octanol–water partition coefficient (Wildman–Crippen LogP) is 0.987. The summed E-state index contributed by atoms with van der Waals surface area (Å²) in [6.45, 7) is 3.86. The fourth-order valence-electron chi connectivity index (χ4n) is 1.89. The van der Waals surface area contributed by atoms with Crippen LogP contribution in [-0.2, 0) is 10.0 Å². The number of para-hydroxylation sites is 1. The average Bonchev–Trinajstić information content (AvgIpc) is 2.37. The summed E-state index contributed by atoms with van der Waals surface area (Å²) < 4.78 is 26.9. The van der Waals surface area contributed by atoms with Crippen LogP contribution in [0.4, 0.5) is 5.69 Å². The number of benzene rings is 1. The lowest BCUT2D eigenvalue weighted by Gasteiger charge is -2.14. The molecular weight excluding hydrogens is 294 g/mol. The van der Waals surface area contributed by atoms with Gasteiger partial charge in [-0.25, -0.2) is 13.2 Å². The topological polar surface area (TPSA) is 112 Å². The molecule has 1 aromatic carbocycles. The number of rotatable bonds is 4. The van der Waals surface area contributed by atoms with Gasteiger partial charge in [-0.15, -0.1) is 0 Å². The van der Waals surface area contributed by atoms with E-state index in [1.165, 1.54) is 0 Å². The Balaban J connectivity index is 2.48. The van der Waals surface area contributed by atoms with E-state index >= 15 is 0 Å². The minimum Gasteiger partial charge on any atom is -0.313 e. The fourth-order valence-corrected chi connectivity index (χ4v) is 2.98. The minimum atomic E-state index is -4.08. The van der Waals surface area contributed by atoms with Gasteiger partial charge in [-0.2, -0.15) is 0 Å². The molecule has 7 nitrogen and oxygen atoms in total. The zero-order chi connectivity index (χ0) is 15.6. The zero-order valence-corrected chi connectivity index (χ0v) is 12.3. The number of aromatic amines is 2. The maximum absolute atomic E-state index is 12.3. The van der Waals surface area contributed by atoms with Crippen LogP contribution in [-0.4, -0.2) is 18.4 Å². The maximum Gasteiger partial charge on any atom is 0.325 e. The van der Waals surface area contributed by atoms with Gasteiger partial charge in [-0.05, 0) is 17.5 Å². The summed E-state index contributed by atoms with van der Waals surface area (Å²) in [6.07, 6.45) is 0.876. The van der Waals surface area contributed by atoms with Crippen LogP contribution < -0.4 is 16.0 Å². The van der Waals surface area contributed by atoms with Crippen LogP contribution >= 0.6 is 0 Å². The second-order valence-corrected chi connectivity index (χ2v) is 6.43.